The highest BCUT2D eigenvalue weighted by molar-refractivity contribution is 5.96. The molecule has 29 heavy (non-hydrogen) atoms. The minimum Gasteiger partial charge on any atom is -0.441 e. The molecule has 1 saturated heterocycles. The molecule has 1 aliphatic heterocycles. The van der Waals surface area contributed by atoms with Gasteiger partial charge in [0.25, 0.3) is 0 Å². The van der Waals surface area contributed by atoms with E-state index in [2.05, 4.69) is 10.3 Å². The Labute approximate surface area is 169 Å². The zero-order valence-corrected chi connectivity index (χ0v) is 16.4. The average molecular weight is 389 g/mol. The molecule has 1 aromatic heterocycles. The summed E-state index contributed by atoms with van der Waals surface area (Å²) in [4.78, 5) is 30.1. The predicted octanol–water partition coefficient (Wildman–Crippen LogP) is 4.35. The van der Waals surface area contributed by atoms with Crippen molar-refractivity contribution in [2.24, 2.45) is 0 Å². The standard InChI is InChI=1S/C23H23N3O3/c1-16-4-6-17(7-5-16)20-15-24-22(29-20)13-12-21(27)25-18-8-10-19(11-9-18)26-14-2-3-23(26)28/h4-11,15H,2-3,12-14H2,1H3,(H,25,27). The number of hydrogen-bond donors (Lipinski definition) is 1. The lowest BCUT2D eigenvalue weighted by Gasteiger charge is -2.16. The zero-order valence-electron chi connectivity index (χ0n) is 16.4. The number of oxazole rings is 1. The summed E-state index contributed by atoms with van der Waals surface area (Å²) in [6, 6.07) is 15.4. The van der Waals surface area contributed by atoms with E-state index in [-0.39, 0.29) is 18.2 Å². The van der Waals surface area contributed by atoms with Crippen LogP contribution < -0.4 is 10.2 Å². The second kappa shape index (κ2) is 8.31. The Bertz CT molecular complexity index is 1010. The van der Waals surface area contributed by atoms with Gasteiger partial charge in [-0.25, -0.2) is 4.98 Å². The topological polar surface area (TPSA) is 75.4 Å². The van der Waals surface area contributed by atoms with Crippen LogP contribution in [0.15, 0.2) is 59.1 Å². The Morgan fingerprint density at radius 2 is 1.90 bits per heavy atom. The highest BCUT2D eigenvalue weighted by Crippen LogP contribution is 2.24. The Balaban J connectivity index is 1.30. The quantitative estimate of drug-likeness (QED) is 0.680. The minimum atomic E-state index is -0.106. The van der Waals surface area contributed by atoms with Gasteiger partial charge in [-0.3, -0.25) is 9.59 Å². The first-order valence-corrected chi connectivity index (χ1v) is 9.80. The third kappa shape index (κ3) is 4.54. The van der Waals surface area contributed by atoms with Crippen LogP contribution in [-0.4, -0.2) is 23.3 Å². The van der Waals surface area contributed by atoms with Crippen LogP contribution in [0.25, 0.3) is 11.3 Å². The molecule has 0 unspecified atom stereocenters. The molecule has 0 spiro atoms. The van der Waals surface area contributed by atoms with Crippen molar-refractivity contribution >= 4 is 23.2 Å². The van der Waals surface area contributed by atoms with E-state index in [0.29, 0.717) is 30.2 Å². The van der Waals surface area contributed by atoms with E-state index in [1.165, 1.54) is 5.56 Å². The Kier molecular flexibility index (Phi) is 5.42. The molecule has 6 nitrogen and oxygen atoms in total. The molecular weight excluding hydrogens is 366 g/mol. The van der Waals surface area contributed by atoms with E-state index >= 15 is 0 Å². The van der Waals surface area contributed by atoms with Crippen molar-refractivity contribution in [1.29, 1.82) is 0 Å². The second-order valence-electron chi connectivity index (χ2n) is 7.23. The van der Waals surface area contributed by atoms with Gasteiger partial charge in [0.05, 0.1) is 6.20 Å². The SMILES string of the molecule is Cc1ccc(-c2cnc(CCC(=O)Nc3ccc(N4CCCC4=O)cc3)o2)cc1. The van der Waals surface area contributed by atoms with Crippen molar-refractivity contribution in [3.05, 3.63) is 66.2 Å². The molecule has 1 fully saturated rings. The summed E-state index contributed by atoms with van der Waals surface area (Å²) in [5, 5.41) is 2.87. The normalized spacial score (nSPS) is 13.7. The van der Waals surface area contributed by atoms with Crippen LogP contribution in [0.2, 0.25) is 0 Å². The van der Waals surface area contributed by atoms with Crippen LogP contribution >= 0.6 is 0 Å². The summed E-state index contributed by atoms with van der Waals surface area (Å²) in [5.41, 5.74) is 3.73. The lowest BCUT2D eigenvalue weighted by atomic mass is 10.1. The van der Waals surface area contributed by atoms with Crippen molar-refractivity contribution in [1.82, 2.24) is 4.98 Å². The van der Waals surface area contributed by atoms with Gasteiger partial charge in [-0.15, -0.1) is 0 Å². The van der Waals surface area contributed by atoms with E-state index in [0.717, 1.165) is 24.2 Å². The summed E-state index contributed by atoms with van der Waals surface area (Å²) in [5.74, 6) is 1.29. The van der Waals surface area contributed by atoms with Crippen molar-refractivity contribution < 1.29 is 14.0 Å². The van der Waals surface area contributed by atoms with Crippen LogP contribution in [-0.2, 0) is 16.0 Å². The number of anilines is 2. The molecule has 148 valence electrons. The van der Waals surface area contributed by atoms with Gasteiger partial charge in [0, 0.05) is 42.7 Å². The van der Waals surface area contributed by atoms with E-state index < -0.39 is 0 Å². The largest absolute Gasteiger partial charge is 0.441 e. The number of carbonyl (C=O) groups excluding carboxylic acids is 2. The molecule has 0 radical (unpaired) electrons. The summed E-state index contributed by atoms with van der Waals surface area (Å²) < 4.78 is 5.76. The molecule has 1 aliphatic rings. The number of nitrogens with one attached hydrogen (secondary N) is 1. The Morgan fingerprint density at radius 1 is 1.14 bits per heavy atom. The average Bonchev–Trinajstić information content (AvgIpc) is 3.37. The molecule has 0 bridgehead atoms. The Morgan fingerprint density at radius 3 is 2.59 bits per heavy atom. The van der Waals surface area contributed by atoms with Crippen molar-refractivity contribution in [2.75, 3.05) is 16.8 Å². The molecule has 4 rings (SSSR count). The monoisotopic (exact) mass is 389 g/mol. The molecule has 1 N–H and O–H groups in total. The van der Waals surface area contributed by atoms with Crippen molar-refractivity contribution in [3.63, 3.8) is 0 Å². The second-order valence-corrected chi connectivity index (χ2v) is 7.23. The number of hydrogen-bond acceptors (Lipinski definition) is 4. The van der Waals surface area contributed by atoms with E-state index in [9.17, 15) is 9.59 Å². The smallest absolute Gasteiger partial charge is 0.227 e. The maximum Gasteiger partial charge on any atom is 0.227 e. The molecule has 6 heteroatoms. The molecule has 0 atom stereocenters. The lowest BCUT2D eigenvalue weighted by Crippen LogP contribution is -2.23. The number of aromatic nitrogens is 1. The minimum absolute atomic E-state index is 0.106. The number of carbonyl (C=O) groups is 2. The lowest BCUT2D eigenvalue weighted by molar-refractivity contribution is -0.117. The van der Waals surface area contributed by atoms with Gasteiger partial charge in [0.15, 0.2) is 11.7 Å². The number of benzene rings is 2. The number of nitrogens with zero attached hydrogens (tertiary/aromatic N) is 2. The molecule has 2 aromatic carbocycles. The fourth-order valence-electron chi connectivity index (χ4n) is 3.37. The molecule has 0 aliphatic carbocycles. The first kappa shape index (κ1) is 18.9. The first-order chi connectivity index (χ1) is 14.1. The summed E-state index contributed by atoms with van der Waals surface area (Å²) in [7, 11) is 0. The predicted molar refractivity (Wildman–Crippen MR) is 112 cm³/mol. The van der Waals surface area contributed by atoms with Crippen LogP contribution in [0.3, 0.4) is 0 Å². The molecule has 2 amide bonds. The van der Waals surface area contributed by atoms with E-state index in [4.69, 9.17) is 4.42 Å². The highest BCUT2D eigenvalue weighted by atomic mass is 16.4. The van der Waals surface area contributed by atoms with Crippen LogP contribution in [0.1, 0.15) is 30.7 Å². The summed E-state index contributed by atoms with van der Waals surface area (Å²) >= 11 is 0. The zero-order chi connectivity index (χ0) is 20.2. The van der Waals surface area contributed by atoms with Crippen LogP contribution in [0.4, 0.5) is 11.4 Å². The van der Waals surface area contributed by atoms with Crippen LogP contribution in [0, 0.1) is 6.92 Å². The van der Waals surface area contributed by atoms with Gasteiger partial charge in [0.2, 0.25) is 11.8 Å². The van der Waals surface area contributed by atoms with E-state index in [1.807, 2.05) is 55.5 Å². The van der Waals surface area contributed by atoms with Gasteiger partial charge in [-0.05, 0) is 37.6 Å². The van der Waals surface area contributed by atoms with Crippen LogP contribution in [0.5, 0.6) is 0 Å². The van der Waals surface area contributed by atoms with Gasteiger partial charge in [0.1, 0.15) is 0 Å². The maximum atomic E-state index is 12.2. The molecule has 0 saturated carbocycles. The third-order valence-corrected chi connectivity index (χ3v) is 4.99. The van der Waals surface area contributed by atoms with Gasteiger partial charge >= 0.3 is 0 Å². The van der Waals surface area contributed by atoms with Crippen molar-refractivity contribution in [2.45, 2.75) is 32.6 Å². The third-order valence-electron chi connectivity index (χ3n) is 4.99. The molecule has 2 heterocycles. The fraction of sp³-hybridized carbons (Fsp3) is 0.261. The molecular formula is C23H23N3O3. The fourth-order valence-corrected chi connectivity index (χ4v) is 3.37. The number of rotatable bonds is 6. The molecule has 3 aromatic rings. The number of amides is 2. The summed E-state index contributed by atoms with van der Waals surface area (Å²) in [6.07, 6.45) is 3.89. The van der Waals surface area contributed by atoms with E-state index in [1.54, 1.807) is 11.1 Å². The maximum absolute atomic E-state index is 12.2. The number of aryl methyl sites for hydroxylation is 2. The van der Waals surface area contributed by atoms with Gasteiger partial charge in [-0.2, -0.15) is 0 Å². The summed E-state index contributed by atoms with van der Waals surface area (Å²) in [6.45, 7) is 2.79. The highest BCUT2D eigenvalue weighted by Gasteiger charge is 2.21. The first-order valence-electron chi connectivity index (χ1n) is 9.80. The van der Waals surface area contributed by atoms with Gasteiger partial charge in [-0.1, -0.05) is 29.8 Å². The Hall–Kier alpha value is -3.41. The van der Waals surface area contributed by atoms with Crippen molar-refractivity contribution in [3.8, 4) is 11.3 Å². The van der Waals surface area contributed by atoms with Gasteiger partial charge < -0.3 is 14.6 Å².